The van der Waals surface area contributed by atoms with Crippen molar-refractivity contribution in [1.29, 1.82) is 0 Å². The number of aromatic hydroxyl groups is 1. The number of aromatic nitrogens is 3. The summed E-state index contributed by atoms with van der Waals surface area (Å²) in [6.07, 6.45) is 7.83. The van der Waals surface area contributed by atoms with Crippen molar-refractivity contribution in [3.05, 3.63) is 58.1 Å². The maximum Gasteiger partial charge on any atom is 0.306 e. The molecule has 0 atom stereocenters. The van der Waals surface area contributed by atoms with Crippen LogP contribution in [0.25, 0.3) is 10.9 Å². The number of carbonyl (C=O) groups excluding carboxylic acids is 2. The number of ether oxygens (including phenoxy) is 1. The topological polar surface area (TPSA) is 115 Å². The Bertz CT molecular complexity index is 1440. The maximum atomic E-state index is 13.2. The van der Waals surface area contributed by atoms with E-state index in [4.69, 9.17) is 4.74 Å². The quantitative estimate of drug-likeness (QED) is 0.399. The second-order valence-corrected chi connectivity index (χ2v) is 12.4. The van der Waals surface area contributed by atoms with E-state index in [2.05, 4.69) is 40.2 Å². The van der Waals surface area contributed by atoms with Gasteiger partial charge in [0.1, 0.15) is 5.60 Å². The van der Waals surface area contributed by atoms with Crippen LogP contribution in [0.5, 0.6) is 5.75 Å². The molecule has 0 aliphatic heterocycles. The summed E-state index contributed by atoms with van der Waals surface area (Å²) in [6.45, 7) is 11.4. The Morgan fingerprint density at radius 2 is 1.77 bits per heavy atom. The first-order valence-electron chi connectivity index (χ1n) is 13.6. The van der Waals surface area contributed by atoms with Crippen molar-refractivity contribution in [2.75, 3.05) is 0 Å². The molecule has 2 N–H and O–H groups in total. The van der Waals surface area contributed by atoms with E-state index >= 15 is 0 Å². The molecule has 39 heavy (non-hydrogen) atoms. The molecule has 0 saturated heterocycles. The molecule has 9 heteroatoms. The normalized spacial score (nSPS) is 15.4. The summed E-state index contributed by atoms with van der Waals surface area (Å²) in [5.74, 6) is -1.58. The van der Waals surface area contributed by atoms with Gasteiger partial charge in [0.05, 0.1) is 18.3 Å². The molecule has 0 bridgehead atoms. The predicted octanol–water partition coefficient (Wildman–Crippen LogP) is 4.81. The van der Waals surface area contributed by atoms with Crippen molar-refractivity contribution < 1.29 is 19.4 Å². The van der Waals surface area contributed by atoms with Crippen molar-refractivity contribution in [3.8, 4) is 5.75 Å². The van der Waals surface area contributed by atoms with Crippen LogP contribution in [0.4, 0.5) is 0 Å². The summed E-state index contributed by atoms with van der Waals surface area (Å²) < 4.78 is 9.19. The molecule has 0 unspecified atom stereocenters. The lowest BCUT2D eigenvalue weighted by molar-refractivity contribution is -0.155. The lowest BCUT2D eigenvalue weighted by Gasteiger charge is -2.33. The summed E-state index contributed by atoms with van der Waals surface area (Å²) in [5.41, 5.74) is -0.594. The average Bonchev–Trinajstić information content (AvgIpc) is 3.44. The number of amides is 1. The summed E-state index contributed by atoms with van der Waals surface area (Å²) in [7, 11) is 0. The van der Waals surface area contributed by atoms with Gasteiger partial charge in [-0.2, -0.15) is 5.10 Å². The molecule has 2 aromatic heterocycles. The van der Waals surface area contributed by atoms with Gasteiger partial charge in [0.25, 0.3) is 11.3 Å². The first kappa shape index (κ1) is 28.4. The van der Waals surface area contributed by atoms with Crippen LogP contribution >= 0.6 is 0 Å². The summed E-state index contributed by atoms with van der Waals surface area (Å²) in [5, 5.41) is 18.9. The number of carbonyl (C=O) groups is 2. The standard InChI is InChI=1S/C30H40N4O5/c1-20-17-34(22-12-8-7-11-21(20)22)30(14-9-10-15-30)19-33-18-23(35)26(37)25(32-33)27(38)31-29(5,6)16-13-24(36)39-28(2,3)4/h7-8,11-12,17-18,35H,9-10,13-16,19H2,1-6H3,(H,31,38). The van der Waals surface area contributed by atoms with Crippen LogP contribution in [0.15, 0.2) is 41.5 Å². The van der Waals surface area contributed by atoms with E-state index in [1.165, 1.54) is 21.8 Å². The minimum Gasteiger partial charge on any atom is -0.503 e. The van der Waals surface area contributed by atoms with Gasteiger partial charge in [-0.25, -0.2) is 0 Å². The van der Waals surface area contributed by atoms with Gasteiger partial charge in [0, 0.05) is 29.1 Å². The molecule has 210 valence electrons. The smallest absolute Gasteiger partial charge is 0.306 e. The number of aryl methyl sites for hydroxylation is 1. The predicted molar refractivity (Wildman–Crippen MR) is 150 cm³/mol. The Morgan fingerprint density at radius 1 is 1.10 bits per heavy atom. The molecule has 1 amide bonds. The molecule has 1 aromatic carbocycles. The largest absolute Gasteiger partial charge is 0.503 e. The van der Waals surface area contributed by atoms with Gasteiger partial charge in [0.2, 0.25) is 0 Å². The Labute approximate surface area is 229 Å². The molecular weight excluding hydrogens is 496 g/mol. The third-order valence-electron chi connectivity index (χ3n) is 7.40. The zero-order valence-corrected chi connectivity index (χ0v) is 23.8. The van der Waals surface area contributed by atoms with Crippen molar-refractivity contribution in [2.45, 2.75) is 103 Å². The van der Waals surface area contributed by atoms with Gasteiger partial charge in [-0.05, 0) is 72.4 Å². The highest BCUT2D eigenvalue weighted by Gasteiger charge is 2.38. The molecule has 9 nitrogen and oxygen atoms in total. The fourth-order valence-corrected chi connectivity index (χ4v) is 5.54. The number of hydrogen-bond acceptors (Lipinski definition) is 6. The van der Waals surface area contributed by atoms with Crippen molar-refractivity contribution in [1.82, 2.24) is 19.7 Å². The van der Waals surface area contributed by atoms with E-state index < -0.39 is 28.2 Å². The maximum absolute atomic E-state index is 13.2. The Balaban J connectivity index is 1.58. The van der Waals surface area contributed by atoms with Crippen LogP contribution < -0.4 is 10.7 Å². The van der Waals surface area contributed by atoms with Gasteiger partial charge < -0.3 is 19.7 Å². The van der Waals surface area contributed by atoms with Crippen LogP contribution in [0.2, 0.25) is 0 Å². The van der Waals surface area contributed by atoms with Crippen molar-refractivity contribution >= 4 is 22.8 Å². The molecule has 1 aliphatic carbocycles. The van der Waals surface area contributed by atoms with Crippen LogP contribution in [0, 0.1) is 6.92 Å². The summed E-state index contributed by atoms with van der Waals surface area (Å²) >= 11 is 0. The van der Waals surface area contributed by atoms with Crippen molar-refractivity contribution in [3.63, 3.8) is 0 Å². The van der Waals surface area contributed by atoms with E-state index in [9.17, 15) is 19.5 Å². The van der Waals surface area contributed by atoms with E-state index in [-0.39, 0.29) is 23.6 Å². The number of hydrogen-bond donors (Lipinski definition) is 2. The highest BCUT2D eigenvalue weighted by molar-refractivity contribution is 5.92. The number of nitrogens with one attached hydrogen (secondary N) is 1. The van der Waals surface area contributed by atoms with E-state index in [0.29, 0.717) is 13.0 Å². The molecule has 3 aromatic rings. The monoisotopic (exact) mass is 536 g/mol. The third-order valence-corrected chi connectivity index (χ3v) is 7.40. The summed E-state index contributed by atoms with van der Waals surface area (Å²) in [6, 6.07) is 8.27. The van der Waals surface area contributed by atoms with Crippen molar-refractivity contribution in [2.24, 2.45) is 0 Å². The number of para-hydroxylation sites is 1. The fraction of sp³-hybridized carbons (Fsp3) is 0.533. The van der Waals surface area contributed by atoms with Gasteiger partial charge in [-0.3, -0.25) is 19.1 Å². The van der Waals surface area contributed by atoms with Gasteiger partial charge in [0.15, 0.2) is 11.4 Å². The fourth-order valence-electron chi connectivity index (χ4n) is 5.54. The molecule has 2 heterocycles. The number of esters is 1. The molecule has 4 rings (SSSR count). The molecule has 1 saturated carbocycles. The molecule has 1 aliphatic rings. The van der Waals surface area contributed by atoms with Gasteiger partial charge in [-0.1, -0.05) is 31.0 Å². The number of rotatable bonds is 8. The summed E-state index contributed by atoms with van der Waals surface area (Å²) in [4.78, 5) is 38.1. The zero-order valence-electron chi connectivity index (χ0n) is 23.8. The number of fused-ring (bicyclic) bond motifs is 1. The number of nitrogens with zero attached hydrogens (tertiary/aromatic N) is 3. The minimum absolute atomic E-state index is 0.106. The lowest BCUT2D eigenvalue weighted by Crippen LogP contribution is -2.46. The van der Waals surface area contributed by atoms with E-state index in [1.807, 2.05) is 12.1 Å². The van der Waals surface area contributed by atoms with Crippen LogP contribution in [0.1, 0.15) is 89.2 Å². The first-order chi connectivity index (χ1) is 18.2. The van der Waals surface area contributed by atoms with Crippen LogP contribution in [0.3, 0.4) is 0 Å². The second kappa shape index (κ2) is 10.5. The van der Waals surface area contributed by atoms with Crippen LogP contribution in [-0.2, 0) is 21.6 Å². The highest BCUT2D eigenvalue weighted by Crippen LogP contribution is 2.41. The first-order valence-corrected chi connectivity index (χ1v) is 13.6. The molecule has 0 radical (unpaired) electrons. The Hall–Kier alpha value is -3.62. The Morgan fingerprint density at radius 3 is 2.44 bits per heavy atom. The molecule has 0 spiro atoms. The molecular formula is C30H40N4O5. The zero-order chi connectivity index (χ0) is 28.6. The highest BCUT2D eigenvalue weighted by atomic mass is 16.6. The SMILES string of the molecule is Cc1cn(C2(Cn3cc(O)c(=O)c(C(=O)NC(C)(C)CCC(=O)OC(C)(C)C)n3)CCCC2)c2ccccc12. The second-order valence-electron chi connectivity index (χ2n) is 12.4. The van der Waals surface area contributed by atoms with Crippen LogP contribution in [-0.4, -0.2) is 42.5 Å². The Kier molecular flexibility index (Phi) is 7.65. The average molecular weight is 537 g/mol. The lowest BCUT2D eigenvalue weighted by atomic mass is 9.96. The van der Waals surface area contributed by atoms with Gasteiger partial charge >= 0.3 is 5.97 Å². The molecule has 1 fully saturated rings. The van der Waals surface area contributed by atoms with Gasteiger partial charge in [-0.15, -0.1) is 0 Å². The van der Waals surface area contributed by atoms with E-state index in [1.54, 1.807) is 34.6 Å². The third kappa shape index (κ3) is 6.34. The number of benzene rings is 1. The van der Waals surface area contributed by atoms with E-state index in [0.717, 1.165) is 31.2 Å². The minimum atomic E-state index is -0.825.